The Bertz CT molecular complexity index is 676. The second-order valence-corrected chi connectivity index (χ2v) is 4.91. The average Bonchev–Trinajstić information content (AvgIpc) is 2.93. The molecule has 0 N–H and O–H groups in total. The van der Waals surface area contributed by atoms with Gasteiger partial charge in [0.1, 0.15) is 11.5 Å². The van der Waals surface area contributed by atoms with Crippen molar-refractivity contribution in [3.05, 3.63) is 42.2 Å². The maximum absolute atomic E-state index is 13.1. The van der Waals surface area contributed by atoms with Gasteiger partial charge >= 0.3 is 0 Å². The van der Waals surface area contributed by atoms with E-state index in [2.05, 4.69) is 4.98 Å². The summed E-state index contributed by atoms with van der Waals surface area (Å²) in [6.07, 6.45) is 1.37. The minimum atomic E-state index is -0.235. The molecule has 3 rings (SSSR count). The van der Waals surface area contributed by atoms with Crippen LogP contribution in [-0.4, -0.2) is 4.98 Å². The third-order valence-corrected chi connectivity index (χ3v) is 3.82. The Morgan fingerprint density at radius 3 is 3.06 bits per heavy atom. The van der Waals surface area contributed by atoms with Crippen LogP contribution in [0.1, 0.15) is 5.69 Å². The van der Waals surface area contributed by atoms with Crippen LogP contribution in [0.3, 0.4) is 0 Å². The third kappa shape index (κ3) is 1.83. The molecular weight excluding hydrogens is 261 g/mol. The van der Waals surface area contributed by atoms with E-state index in [1.807, 2.05) is 6.07 Å². The van der Waals surface area contributed by atoms with E-state index in [-0.39, 0.29) is 5.82 Å². The molecular formula is C12H7ClFNOS. The van der Waals surface area contributed by atoms with Crippen LogP contribution in [0.5, 0.6) is 0 Å². The lowest BCUT2D eigenvalue weighted by molar-refractivity contribution is 0.572. The minimum Gasteiger partial charge on any atom is -0.442 e. The Labute approximate surface area is 106 Å². The van der Waals surface area contributed by atoms with E-state index in [4.69, 9.17) is 16.0 Å². The van der Waals surface area contributed by atoms with E-state index in [1.54, 1.807) is 6.07 Å². The molecule has 0 radical (unpaired) electrons. The highest BCUT2D eigenvalue weighted by Crippen LogP contribution is 2.35. The lowest BCUT2D eigenvalue weighted by atomic mass is 10.2. The van der Waals surface area contributed by atoms with E-state index < -0.39 is 0 Å². The lowest BCUT2D eigenvalue weighted by Crippen LogP contribution is -1.78. The van der Waals surface area contributed by atoms with E-state index in [9.17, 15) is 4.39 Å². The predicted molar refractivity (Wildman–Crippen MR) is 66.8 cm³/mol. The summed E-state index contributed by atoms with van der Waals surface area (Å²) in [6.45, 7) is 0. The van der Waals surface area contributed by atoms with Gasteiger partial charge in [-0.3, -0.25) is 0 Å². The number of rotatable bonds is 2. The summed E-state index contributed by atoms with van der Waals surface area (Å²) in [4.78, 5) is 4.95. The third-order valence-electron chi connectivity index (χ3n) is 2.47. The van der Waals surface area contributed by atoms with Gasteiger partial charge in [0.05, 0.1) is 10.8 Å². The van der Waals surface area contributed by atoms with E-state index in [0.717, 1.165) is 15.0 Å². The number of aromatic nitrogens is 1. The number of halogens is 2. The zero-order chi connectivity index (χ0) is 11.8. The van der Waals surface area contributed by atoms with Gasteiger partial charge in [0.2, 0.25) is 0 Å². The Morgan fingerprint density at radius 2 is 2.24 bits per heavy atom. The monoisotopic (exact) mass is 267 g/mol. The molecule has 0 amide bonds. The molecule has 17 heavy (non-hydrogen) atoms. The maximum atomic E-state index is 13.1. The summed E-state index contributed by atoms with van der Waals surface area (Å²) >= 11 is 7.24. The van der Waals surface area contributed by atoms with Gasteiger partial charge < -0.3 is 4.42 Å². The second-order valence-electron chi connectivity index (χ2n) is 3.55. The first-order valence-corrected chi connectivity index (χ1v) is 6.31. The van der Waals surface area contributed by atoms with Crippen LogP contribution in [0.25, 0.3) is 20.7 Å². The number of nitrogens with zero attached hydrogens (tertiary/aromatic N) is 1. The first-order chi connectivity index (χ1) is 8.28. The molecule has 0 saturated carbocycles. The Balaban J connectivity index is 2.18. The fourth-order valence-electron chi connectivity index (χ4n) is 1.68. The Hall–Kier alpha value is -1.39. The summed E-state index contributed by atoms with van der Waals surface area (Å²) in [7, 11) is 0. The zero-order valence-corrected chi connectivity index (χ0v) is 10.2. The summed E-state index contributed by atoms with van der Waals surface area (Å²) in [6, 6.07) is 6.67. The molecule has 86 valence electrons. The van der Waals surface area contributed by atoms with Crippen molar-refractivity contribution in [3.63, 3.8) is 0 Å². The van der Waals surface area contributed by atoms with Crippen molar-refractivity contribution in [2.75, 3.05) is 0 Å². The first-order valence-electron chi connectivity index (χ1n) is 4.96. The molecule has 2 aromatic heterocycles. The number of thiophene rings is 1. The smallest absolute Gasteiger partial charge is 0.181 e. The van der Waals surface area contributed by atoms with Crippen molar-refractivity contribution < 1.29 is 8.81 Å². The van der Waals surface area contributed by atoms with E-state index >= 15 is 0 Å². The number of fused-ring (bicyclic) bond motifs is 1. The van der Waals surface area contributed by atoms with Gasteiger partial charge in [-0.2, -0.15) is 0 Å². The number of benzene rings is 1. The van der Waals surface area contributed by atoms with Gasteiger partial charge in [0.25, 0.3) is 0 Å². The zero-order valence-electron chi connectivity index (χ0n) is 8.61. The molecule has 5 heteroatoms. The van der Waals surface area contributed by atoms with Crippen LogP contribution in [0.4, 0.5) is 4.39 Å². The van der Waals surface area contributed by atoms with Crippen LogP contribution in [0.2, 0.25) is 0 Å². The predicted octanol–water partition coefficient (Wildman–Crippen LogP) is 4.43. The maximum Gasteiger partial charge on any atom is 0.181 e. The second kappa shape index (κ2) is 4.13. The van der Waals surface area contributed by atoms with Crippen LogP contribution >= 0.6 is 22.9 Å². The van der Waals surface area contributed by atoms with Gasteiger partial charge in [-0.25, -0.2) is 9.37 Å². The molecule has 2 heterocycles. The highest BCUT2D eigenvalue weighted by atomic mass is 35.5. The van der Waals surface area contributed by atoms with Crippen LogP contribution in [0.15, 0.2) is 35.1 Å². The van der Waals surface area contributed by atoms with Crippen LogP contribution in [0, 0.1) is 5.82 Å². The van der Waals surface area contributed by atoms with Crippen LogP contribution in [-0.2, 0) is 5.88 Å². The number of hydrogen-bond acceptors (Lipinski definition) is 3. The molecule has 2 nitrogen and oxygen atoms in total. The molecule has 0 atom stereocenters. The van der Waals surface area contributed by atoms with Crippen molar-refractivity contribution >= 4 is 33.0 Å². The van der Waals surface area contributed by atoms with Gasteiger partial charge in [-0.1, -0.05) is 6.07 Å². The number of alkyl halides is 1. The van der Waals surface area contributed by atoms with Crippen LogP contribution < -0.4 is 0 Å². The minimum absolute atomic E-state index is 0.235. The molecule has 0 unspecified atom stereocenters. The molecule has 0 bridgehead atoms. The molecule has 0 spiro atoms. The topological polar surface area (TPSA) is 26.0 Å². The van der Waals surface area contributed by atoms with E-state index in [1.165, 1.54) is 29.9 Å². The first kappa shape index (κ1) is 10.7. The summed E-state index contributed by atoms with van der Waals surface area (Å²) < 4.78 is 19.3. The molecule has 0 fully saturated rings. The highest BCUT2D eigenvalue weighted by Gasteiger charge is 2.13. The fraction of sp³-hybridized carbons (Fsp3) is 0.0833. The summed E-state index contributed by atoms with van der Waals surface area (Å²) in [5.74, 6) is 0.733. The fourth-order valence-corrected chi connectivity index (χ4v) is 2.97. The van der Waals surface area contributed by atoms with Gasteiger partial charge in [0, 0.05) is 4.70 Å². The van der Waals surface area contributed by atoms with Gasteiger partial charge in [0.15, 0.2) is 12.2 Å². The molecule has 3 aromatic rings. The van der Waals surface area contributed by atoms with Gasteiger partial charge in [-0.15, -0.1) is 22.9 Å². The molecule has 1 aromatic carbocycles. The Kier molecular flexibility index (Phi) is 2.61. The quantitative estimate of drug-likeness (QED) is 0.642. The highest BCUT2D eigenvalue weighted by molar-refractivity contribution is 7.22. The largest absolute Gasteiger partial charge is 0.442 e. The van der Waals surface area contributed by atoms with Crippen molar-refractivity contribution in [3.8, 4) is 10.6 Å². The van der Waals surface area contributed by atoms with Crippen molar-refractivity contribution in [2.24, 2.45) is 0 Å². The molecule has 0 aliphatic rings. The van der Waals surface area contributed by atoms with Crippen molar-refractivity contribution in [1.29, 1.82) is 0 Å². The standard InChI is InChI=1S/C12H7ClFNOS/c13-5-9-12(16-6-15-9)11-3-7-1-2-8(14)4-10(7)17-11/h1-4,6H,5H2. The van der Waals surface area contributed by atoms with Crippen molar-refractivity contribution in [2.45, 2.75) is 5.88 Å². The Morgan fingerprint density at radius 1 is 1.35 bits per heavy atom. The number of oxazole rings is 1. The SMILES string of the molecule is Fc1ccc2cc(-c3ocnc3CCl)sc2c1. The molecule has 0 aliphatic heterocycles. The summed E-state index contributed by atoms with van der Waals surface area (Å²) in [5.41, 5.74) is 0.707. The average molecular weight is 268 g/mol. The van der Waals surface area contributed by atoms with E-state index in [0.29, 0.717) is 17.3 Å². The summed E-state index contributed by atoms with van der Waals surface area (Å²) in [5, 5.41) is 0.989. The lowest BCUT2D eigenvalue weighted by Gasteiger charge is -1.91. The molecule has 0 saturated heterocycles. The van der Waals surface area contributed by atoms with Gasteiger partial charge in [-0.05, 0) is 23.6 Å². The molecule has 0 aliphatic carbocycles. The normalized spacial score (nSPS) is 11.2. The number of hydrogen-bond donors (Lipinski definition) is 0. The van der Waals surface area contributed by atoms with Crippen molar-refractivity contribution in [1.82, 2.24) is 4.98 Å².